The zero-order valence-electron chi connectivity index (χ0n) is 16.1. The maximum atomic E-state index is 12.7. The molecule has 1 aromatic rings. The Kier molecular flexibility index (Phi) is 6.83. The molecule has 0 fully saturated rings. The second kappa shape index (κ2) is 8.88. The summed E-state index contributed by atoms with van der Waals surface area (Å²) in [4.78, 5) is 26.5. The first-order chi connectivity index (χ1) is 12.4. The molecule has 1 aliphatic rings. The Labute approximate surface area is 155 Å². The highest BCUT2D eigenvalue weighted by molar-refractivity contribution is 6.08. The van der Waals surface area contributed by atoms with Crippen LogP contribution in [-0.2, 0) is 9.59 Å². The molecule has 0 aromatic heterocycles. The van der Waals surface area contributed by atoms with Crippen LogP contribution in [0.25, 0.3) is 0 Å². The second-order valence-electron chi connectivity index (χ2n) is 6.87. The average Bonchev–Trinajstić information content (AvgIpc) is 2.89. The molecule has 1 aliphatic heterocycles. The maximum absolute atomic E-state index is 12.7. The number of ketones is 1. The monoisotopic (exact) mass is 359 g/mol. The molecule has 1 N–H and O–H groups in total. The van der Waals surface area contributed by atoms with Crippen molar-refractivity contribution in [2.75, 3.05) is 13.7 Å². The highest BCUT2D eigenvalue weighted by atomic mass is 16.5. The molecule has 2 rings (SSSR count). The number of aliphatic hydroxyl groups excluding tert-OH is 1. The van der Waals surface area contributed by atoms with Crippen LogP contribution in [0.2, 0.25) is 0 Å². The van der Waals surface area contributed by atoms with Crippen LogP contribution in [0.1, 0.15) is 58.1 Å². The Hall–Kier alpha value is -2.30. The van der Waals surface area contributed by atoms with Gasteiger partial charge in [0.25, 0.3) is 5.91 Å². The van der Waals surface area contributed by atoms with Crippen molar-refractivity contribution in [1.82, 2.24) is 4.90 Å². The second-order valence-corrected chi connectivity index (χ2v) is 6.87. The van der Waals surface area contributed by atoms with Crippen molar-refractivity contribution in [2.24, 2.45) is 5.92 Å². The van der Waals surface area contributed by atoms with E-state index in [0.717, 1.165) is 31.2 Å². The lowest BCUT2D eigenvalue weighted by molar-refractivity contribution is -0.130. The number of rotatable bonds is 9. The summed E-state index contributed by atoms with van der Waals surface area (Å²) in [7, 11) is 1.59. The lowest BCUT2D eigenvalue weighted by atomic mass is 9.94. The molecular formula is C21H29NO4. The molecule has 0 saturated heterocycles. The molecule has 1 aromatic carbocycles. The molecule has 2 unspecified atom stereocenters. The smallest absolute Gasteiger partial charge is 0.290 e. The number of unbranched alkanes of at least 4 members (excludes halogenated alkanes) is 1. The third kappa shape index (κ3) is 4.09. The van der Waals surface area contributed by atoms with Gasteiger partial charge in [0.2, 0.25) is 0 Å². The molecule has 5 nitrogen and oxygen atoms in total. The van der Waals surface area contributed by atoms with Gasteiger partial charge in [0.1, 0.15) is 5.75 Å². The maximum Gasteiger partial charge on any atom is 0.290 e. The summed E-state index contributed by atoms with van der Waals surface area (Å²) in [6.07, 6.45) is 4.19. The van der Waals surface area contributed by atoms with Gasteiger partial charge < -0.3 is 14.7 Å². The van der Waals surface area contributed by atoms with E-state index in [1.165, 1.54) is 6.92 Å². The third-order valence-corrected chi connectivity index (χ3v) is 5.11. The summed E-state index contributed by atoms with van der Waals surface area (Å²) in [5.41, 5.74) is 0.990. The number of methoxy groups -OCH3 is 1. The van der Waals surface area contributed by atoms with Crippen LogP contribution in [0.15, 0.2) is 35.6 Å². The minimum absolute atomic E-state index is 0.186. The highest BCUT2D eigenvalue weighted by Gasteiger charge is 2.42. The highest BCUT2D eigenvalue weighted by Crippen LogP contribution is 2.39. The number of ether oxygens (including phenoxy) is 1. The lowest BCUT2D eigenvalue weighted by Crippen LogP contribution is -2.35. The zero-order chi connectivity index (χ0) is 19.3. The van der Waals surface area contributed by atoms with Gasteiger partial charge in [-0.25, -0.2) is 0 Å². The van der Waals surface area contributed by atoms with Crippen molar-refractivity contribution in [2.45, 2.75) is 52.5 Å². The van der Waals surface area contributed by atoms with Gasteiger partial charge in [0.15, 0.2) is 11.5 Å². The number of Topliss-reactive ketones (excluding diaryl/α,β-unsaturated/α-hetero) is 1. The standard InChI is InChI=1S/C21H29NO4/c1-5-7-8-15(6-2)13-22-19(16-9-11-17(26-4)12-10-16)18(14(3)23)20(24)21(22)25/h9-12,15,19,24H,5-8,13H2,1-4H3. The third-order valence-electron chi connectivity index (χ3n) is 5.11. The van der Waals surface area contributed by atoms with Crippen LogP contribution in [0, 0.1) is 5.92 Å². The summed E-state index contributed by atoms with van der Waals surface area (Å²) < 4.78 is 5.19. The molecule has 26 heavy (non-hydrogen) atoms. The van der Waals surface area contributed by atoms with Gasteiger partial charge in [-0.2, -0.15) is 0 Å². The van der Waals surface area contributed by atoms with E-state index in [0.29, 0.717) is 18.2 Å². The van der Waals surface area contributed by atoms with E-state index in [2.05, 4.69) is 13.8 Å². The van der Waals surface area contributed by atoms with E-state index >= 15 is 0 Å². The first-order valence-electron chi connectivity index (χ1n) is 9.33. The van der Waals surface area contributed by atoms with Gasteiger partial charge in [-0.1, -0.05) is 45.2 Å². The van der Waals surface area contributed by atoms with Crippen LogP contribution in [0.4, 0.5) is 0 Å². The Balaban J connectivity index is 2.38. The first-order valence-corrected chi connectivity index (χ1v) is 9.33. The molecule has 0 saturated carbocycles. The van der Waals surface area contributed by atoms with Gasteiger partial charge in [0.05, 0.1) is 18.7 Å². The molecule has 0 radical (unpaired) electrons. The van der Waals surface area contributed by atoms with Crippen LogP contribution >= 0.6 is 0 Å². The Morgan fingerprint density at radius 2 is 1.92 bits per heavy atom. The first kappa shape index (κ1) is 20.0. The van der Waals surface area contributed by atoms with Crippen molar-refractivity contribution in [3.63, 3.8) is 0 Å². The summed E-state index contributed by atoms with van der Waals surface area (Å²) in [5, 5.41) is 10.3. The van der Waals surface area contributed by atoms with Crippen LogP contribution in [0.3, 0.4) is 0 Å². The number of hydrogen-bond donors (Lipinski definition) is 1. The molecule has 0 aliphatic carbocycles. The quantitative estimate of drug-likeness (QED) is 0.718. The topological polar surface area (TPSA) is 66.8 Å². The minimum Gasteiger partial charge on any atom is -0.503 e. The Morgan fingerprint density at radius 3 is 2.42 bits per heavy atom. The van der Waals surface area contributed by atoms with Crippen molar-refractivity contribution >= 4 is 11.7 Å². The van der Waals surface area contributed by atoms with E-state index < -0.39 is 17.7 Å². The fourth-order valence-electron chi connectivity index (χ4n) is 3.53. The Morgan fingerprint density at radius 1 is 1.27 bits per heavy atom. The number of nitrogens with zero attached hydrogens (tertiary/aromatic N) is 1. The molecule has 1 heterocycles. The lowest BCUT2D eigenvalue weighted by Gasteiger charge is -2.30. The number of aliphatic hydroxyl groups is 1. The molecule has 2 atom stereocenters. The summed E-state index contributed by atoms with van der Waals surface area (Å²) >= 11 is 0. The van der Waals surface area contributed by atoms with E-state index in [4.69, 9.17) is 4.74 Å². The van der Waals surface area contributed by atoms with E-state index in [-0.39, 0.29) is 11.4 Å². The number of hydrogen-bond acceptors (Lipinski definition) is 4. The Bertz CT molecular complexity index is 678. The molecule has 0 spiro atoms. The zero-order valence-corrected chi connectivity index (χ0v) is 16.1. The molecular weight excluding hydrogens is 330 g/mol. The fraction of sp³-hybridized carbons (Fsp3) is 0.524. The number of carbonyl (C=O) groups excluding carboxylic acids is 2. The average molecular weight is 359 g/mol. The van der Waals surface area contributed by atoms with Crippen molar-refractivity contribution < 1.29 is 19.4 Å². The summed E-state index contributed by atoms with van der Waals surface area (Å²) in [6.45, 7) is 6.19. The molecule has 142 valence electrons. The van der Waals surface area contributed by atoms with E-state index in [9.17, 15) is 14.7 Å². The number of carbonyl (C=O) groups is 2. The number of amides is 1. The predicted molar refractivity (Wildman–Crippen MR) is 101 cm³/mol. The van der Waals surface area contributed by atoms with Crippen molar-refractivity contribution in [1.29, 1.82) is 0 Å². The SMILES string of the molecule is CCCCC(CC)CN1C(=O)C(O)=C(C(C)=O)C1c1ccc(OC)cc1. The van der Waals surface area contributed by atoms with Crippen molar-refractivity contribution in [3.8, 4) is 5.75 Å². The van der Waals surface area contributed by atoms with Gasteiger partial charge in [-0.15, -0.1) is 0 Å². The normalized spacial score (nSPS) is 18.4. The van der Waals surface area contributed by atoms with Gasteiger partial charge in [0, 0.05) is 6.54 Å². The minimum atomic E-state index is -0.540. The van der Waals surface area contributed by atoms with Gasteiger partial charge >= 0.3 is 0 Å². The largest absolute Gasteiger partial charge is 0.503 e. The molecule has 0 bridgehead atoms. The number of benzene rings is 1. The molecule has 5 heteroatoms. The molecule has 1 amide bonds. The van der Waals surface area contributed by atoms with Crippen LogP contribution in [0.5, 0.6) is 5.75 Å². The van der Waals surface area contributed by atoms with Crippen LogP contribution < -0.4 is 4.74 Å². The summed E-state index contributed by atoms with van der Waals surface area (Å²) in [5.74, 6) is -0.0919. The van der Waals surface area contributed by atoms with Crippen LogP contribution in [-0.4, -0.2) is 35.4 Å². The van der Waals surface area contributed by atoms with Gasteiger partial charge in [-0.3, -0.25) is 9.59 Å². The van der Waals surface area contributed by atoms with E-state index in [1.807, 2.05) is 12.1 Å². The predicted octanol–water partition coefficient (Wildman–Crippen LogP) is 4.20. The van der Waals surface area contributed by atoms with Crippen molar-refractivity contribution in [3.05, 3.63) is 41.2 Å². The summed E-state index contributed by atoms with van der Waals surface area (Å²) in [6, 6.07) is 6.76. The fourth-order valence-corrected chi connectivity index (χ4v) is 3.53. The van der Waals surface area contributed by atoms with Gasteiger partial charge in [-0.05, 0) is 37.0 Å². The van der Waals surface area contributed by atoms with E-state index in [1.54, 1.807) is 24.1 Å².